The van der Waals surface area contributed by atoms with Gasteiger partial charge in [-0.25, -0.2) is 0 Å². The monoisotopic (exact) mass is 499 g/mol. The maximum atomic E-state index is 12.3. The molecule has 0 fully saturated rings. The minimum Gasteiger partial charge on any atom is -0.490 e. The van der Waals surface area contributed by atoms with Crippen molar-refractivity contribution in [2.75, 3.05) is 11.9 Å². The molecule has 0 radical (unpaired) electrons. The molecule has 0 saturated carbocycles. The van der Waals surface area contributed by atoms with Crippen LogP contribution in [0.25, 0.3) is 6.08 Å². The summed E-state index contributed by atoms with van der Waals surface area (Å²) in [6.07, 6.45) is 3.22. The van der Waals surface area contributed by atoms with Gasteiger partial charge in [0.25, 0.3) is 0 Å². The van der Waals surface area contributed by atoms with E-state index < -0.39 is 0 Å². The first-order valence-corrected chi connectivity index (χ1v) is 11.0. The standard InChI is InChI=1S/C25H23BrClNO3/c1-3-30-23-15-18(11-12-24(29)28-20-9-6-7-17(2)13-20)14-21(26)25(23)31-16-19-8-4-5-10-22(19)27/h4-15H,3,16H2,1-2H3,(H,28,29)/b12-11+. The van der Waals surface area contributed by atoms with E-state index >= 15 is 0 Å². The summed E-state index contributed by atoms with van der Waals surface area (Å²) in [4.78, 5) is 12.3. The summed E-state index contributed by atoms with van der Waals surface area (Å²) in [6, 6.07) is 18.9. The zero-order valence-electron chi connectivity index (χ0n) is 17.3. The molecule has 0 unspecified atom stereocenters. The van der Waals surface area contributed by atoms with Crippen LogP contribution in [0.4, 0.5) is 5.69 Å². The predicted octanol–water partition coefficient (Wildman–Crippen LogP) is 7.04. The van der Waals surface area contributed by atoms with E-state index in [9.17, 15) is 4.79 Å². The van der Waals surface area contributed by atoms with E-state index in [0.29, 0.717) is 29.7 Å². The van der Waals surface area contributed by atoms with Crippen LogP contribution in [-0.4, -0.2) is 12.5 Å². The van der Waals surface area contributed by atoms with Crippen molar-refractivity contribution in [1.82, 2.24) is 0 Å². The lowest BCUT2D eigenvalue weighted by molar-refractivity contribution is -0.111. The van der Waals surface area contributed by atoms with Crippen LogP contribution in [0.15, 0.2) is 71.2 Å². The van der Waals surface area contributed by atoms with Gasteiger partial charge < -0.3 is 14.8 Å². The third kappa shape index (κ3) is 6.61. The average Bonchev–Trinajstić information content (AvgIpc) is 2.73. The molecule has 1 amide bonds. The molecule has 3 aromatic rings. The fourth-order valence-corrected chi connectivity index (χ4v) is 3.70. The number of benzene rings is 3. The van der Waals surface area contributed by atoms with Gasteiger partial charge in [-0.3, -0.25) is 4.79 Å². The molecule has 0 aliphatic heterocycles. The highest BCUT2D eigenvalue weighted by Gasteiger charge is 2.13. The summed E-state index contributed by atoms with van der Waals surface area (Å²) in [7, 11) is 0. The van der Waals surface area contributed by atoms with E-state index in [1.54, 1.807) is 6.08 Å². The molecule has 4 nitrogen and oxygen atoms in total. The molecule has 160 valence electrons. The van der Waals surface area contributed by atoms with Crippen molar-refractivity contribution < 1.29 is 14.3 Å². The molecular weight excluding hydrogens is 478 g/mol. The van der Waals surface area contributed by atoms with Gasteiger partial charge in [-0.05, 0) is 77.3 Å². The second-order valence-corrected chi connectivity index (χ2v) is 8.10. The molecule has 31 heavy (non-hydrogen) atoms. The fourth-order valence-electron chi connectivity index (χ4n) is 2.93. The Morgan fingerprint density at radius 3 is 2.65 bits per heavy atom. The summed E-state index contributed by atoms with van der Waals surface area (Å²) >= 11 is 9.78. The Hall–Kier alpha value is -2.76. The number of ether oxygens (including phenoxy) is 2. The van der Waals surface area contributed by atoms with Crippen molar-refractivity contribution in [1.29, 1.82) is 0 Å². The maximum Gasteiger partial charge on any atom is 0.248 e. The number of hydrogen-bond donors (Lipinski definition) is 1. The molecule has 0 heterocycles. The number of halogens is 2. The van der Waals surface area contributed by atoms with E-state index in [-0.39, 0.29) is 5.91 Å². The second-order valence-electron chi connectivity index (χ2n) is 6.84. The van der Waals surface area contributed by atoms with Gasteiger partial charge in [0.15, 0.2) is 11.5 Å². The Balaban J connectivity index is 1.75. The zero-order valence-corrected chi connectivity index (χ0v) is 19.7. The van der Waals surface area contributed by atoms with E-state index in [1.807, 2.05) is 74.5 Å². The second kappa shape index (κ2) is 11.0. The van der Waals surface area contributed by atoms with Gasteiger partial charge in [0, 0.05) is 22.3 Å². The number of nitrogens with one attached hydrogen (secondary N) is 1. The third-order valence-corrected chi connectivity index (χ3v) is 5.33. The molecule has 0 atom stereocenters. The largest absolute Gasteiger partial charge is 0.490 e. The van der Waals surface area contributed by atoms with Gasteiger partial charge in [0.2, 0.25) is 5.91 Å². The van der Waals surface area contributed by atoms with Crippen LogP contribution in [0.3, 0.4) is 0 Å². The number of amides is 1. The van der Waals surface area contributed by atoms with Crippen LogP contribution in [0.2, 0.25) is 5.02 Å². The van der Waals surface area contributed by atoms with Gasteiger partial charge in [0.05, 0.1) is 11.1 Å². The highest BCUT2D eigenvalue weighted by molar-refractivity contribution is 9.10. The Morgan fingerprint density at radius 1 is 1.10 bits per heavy atom. The predicted molar refractivity (Wildman–Crippen MR) is 130 cm³/mol. The van der Waals surface area contributed by atoms with E-state index in [4.69, 9.17) is 21.1 Å². The van der Waals surface area contributed by atoms with Crippen LogP contribution in [0.1, 0.15) is 23.6 Å². The Morgan fingerprint density at radius 2 is 1.90 bits per heavy atom. The summed E-state index contributed by atoms with van der Waals surface area (Å²) in [5.41, 5.74) is 3.53. The Bertz CT molecular complexity index is 1100. The minimum atomic E-state index is -0.210. The number of aryl methyl sites for hydroxylation is 1. The first-order valence-electron chi connectivity index (χ1n) is 9.84. The normalized spacial score (nSPS) is 10.8. The van der Waals surface area contributed by atoms with Crippen molar-refractivity contribution in [2.45, 2.75) is 20.5 Å². The molecule has 0 spiro atoms. The molecule has 0 bridgehead atoms. The highest BCUT2D eigenvalue weighted by Crippen LogP contribution is 2.38. The smallest absolute Gasteiger partial charge is 0.248 e. The molecule has 0 aliphatic carbocycles. The summed E-state index contributed by atoms with van der Waals surface area (Å²) in [6.45, 7) is 4.68. The number of rotatable bonds is 8. The van der Waals surface area contributed by atoms with Crippen LogP contribution in [0, 0.1) is 6.92 Å². The maximum absolute atomic E-state index is 12.3. The summed E-state index contributed by atoms with van der Waals surface area (Å²) in [5.74, 6) is 0.963. The number of anilines is 1. The molecule has 3 aromatic carbocycles. The number of hydrogen-bond acceptors (Lipinski definition) is 3. The fraction of sp³-hybridized carbons (Fsp3) is 0.160. The molecule has 0 aromatic heterocycles. The quantitative estimate of drug-likeness (QED) is 0.337. The lowest BCUT2D eigenvalue weighted by Gasteiger charge is -2.15. The molecule has 1 N–H and O–H groups in total. The van der Waals surface area contributed by atoms with Crippen molar-refractivity contribution in [3.63, 3.8) is 0 Å². The van der Waals surface area contributed by atoms with Crippen LogP contribution >= 0.6 is 27.5 Å². The van der Waals surface area contributed by atoms with E-state index in [0.717, 1.165) is 26.9 Å². The molecule has 3 rings (SSSR count). The van der Waals surface area contributed by atoms with E-state index in [2.05, 4.69) is 21.2 Å². The first-order chi connectivity index (χ1) is 15.0. The summed E-state index contributed by atoms with van der Waals surface area (Å²) < 4.78 is 12.5. The van der Waals surface area contributed by atoms with Crippen molar-refractivity contribution in [3.8, 4) is 11.5 Å². The lowest BCUT2D eigenvalue weighted by Crippen LogP contribution is -2.07. The average molecular weight is 501 g/mol. The topological polar surface area (TPSA) is 47.6 Å². The lowest BCUT2D eigenvalue weighted by atomic mass is 10.1. The SMILES string of the molecule is CCOc1cc(/C=C/C(=O)Nc2cccc(C)c2)cc(Br)c1OCc1ccccc1Cl. The van der Waals surface area contributed by atoms with Gasteiger partial charge in [-0.2, -0.15) is 0 Å². The van der Waals surface area contributed by atoms with Crippen LogP contribution in [0.5, 0.6) is 11.5 Å². The van der Waals surface area contributed by atoms with Crippen molar-refractivity contribution >= 4 is 45.2 Å². The Labute approximate surface area is 196 Å². The minimum absolute atomic E-state index is 0.210. The Kier molecular flexibility index (Phi) is 8.15. The molecular formula is C25H23BrClNO3. The van der Waals surface area contributed by atoms with E-state index in [1.165, 1.54) is 6.08 Å². The van der Waals surface area contributed by atoms with Gasteiger partial charge in [-0.15, -0.1) is 0 Å². The van der Waals surface area contributed by atoms with Gasteiger partial charge >= 0.3 is 0 Å². The first kappa shape index (κ1) is 22.9. The molecule has 0 saturated heterocycles. The van der Waals surface area contributed by atoms with Crippen LogP contribution in [-0.2, 0) is 11.4 Å². The molecule has 6 heteroatoms. The van der Waals surface area contributed by atoms with Crippen molar-refractivity contribution in [3.05, 3.63) is 92.9 Å². The van der Waals surface area contributed by atoms with Gasteiger partial charge in [0.1, 0.15) is 6.61 Å². The van der Waals surface area contributed by atoms with Crippen LogP contribution < -0.4 is 14.8 Å². The number of carbonyl (C=O) groups is 1. The summed E-state index contributed by atoms with van der Waals surface area (Å²) in [5, 5.41) is 3.51. The van der Waals surface area contributed by atoms with Crippen molar-refractivity contribution in [2.24, 2.45) is 0 Å². The highest BCUT2D eigenvalue weighted by atomic mass is 79.9. The molecule has 0 aliphatic rings. The number of carbonyl (C=O) groups excluding carboxylic acids is 1. The van der Waals surface area contributed by atoms with Gasteiger partial charge in [-0.1, -0.05) is 41.9 Å². The third-order valence-electron chi connectivity index (χ3n) is 4.37. The zero-order chi connectivity index (χ0) is 22.2.